The van der Waals surface area contributed by atoms with Crippen LogP contribution in [0.1, 0.15) is 94.0 Å². The van der Waals surface area contributed by atoms with Crippen LogP contribution < -0.4 is 51.2 Å². The van der Waals surface area contributed by atoms with E-state index >= 15 is 0 Å². The fourth-order valence-corrected chi connectivity index (χ4v) is 13.6. The van der Waals surface area contributed by atoms with Crippen molar-refractivity contribution in [1.82, 2.24) is 36.4 Å². The summed E-state index contributed by atoms with van der Waals surface area (Å²) in [4.78, 5) is 110. The first-order valence-electron chi connectivity index (χ1n) is 32.2. The van der Waals surface area contributed by atoms with Crippen LogP contribution >= 0.6 is 12.3 Å². The van der Waals surface area contributed by atoms with Crippen LogP contribution in [-0.4, -0.2) is 243 Å². The summed E-state index contributed by atoms with van der Waals surface area (Å²) in [7, 11) is 0. The molecule has 6 fully saturated rings. The van der Waals surface area contributed by atoms with E-state index in [4.69, 9.17) is 19.9 Å². The minimum Gasteiger partial charge on any atom is -0.504 e. The van der Waals surface area contributed by atoms with Crippen molar-refractivity contribution in [3.63, 3.8) is 0 Å². The van der Waals surface area contributed by atoms with Crippen LogP contribution in [0.3, 0.4) is 0 Å². The lowest BCUT2D eigenvalue weighted by molar-refractivity contribution is -0.433. The van der Waals surface area contributed by atoms with Gasteiger partial charge in [0, 0.05) is 107 Å². The number of aliphatic hydroxyl groups excluding tert-OH is 6. The zero-order chi connectivity index (χ0) is 67.3. The molecule has 5 saturated heterocycles. The highest BCUT2D eigenvalue weighted by Gasteiger charge is 2.50. The van der Waals surface area contributed by atoms with Gasteiger partial charge in [0.2, 0.25) is 35.4 Å². The van der Waals surface area contributed by atoms with Gasteiger partial charge in [0.1, 0.15) is 36.3 Å². The predicted molar refractivity (Wildman–Crippen MR) is 340 cm³/mol. The Morgan fingerprint density at radius 1 is 0.681 bits per heavy atom. The summed E-state index contributed by atoms with van der Waals surface area (Å²) < 4.78 is 15.8. The Morgan fingerprint density at radius 3 is 1.88 bits per heavy atom. The fourth-order valence-electron chi connectivity index (χ4n) is 13.3. The van der Waals surface area contributed by atoms with Gasteiger partial charge in [0.25, 0.3) is 18.2 Å². The van der Waals surface area contributed by atoms with Crippen LogP contribution in [0, 0.1) is 5.92 Å². The number of piperazine rings is 1. The largest absolute Gasteiger partial charge is 0.504 e. The van der Waals surface area contributed by atoms with Gasteiger partial charge < -0.3 is 101 Å². The van der Waals surface area contributed by atoms with Crippen LogP contribution in [0.15, 0.2) is 66.7 Å². The SMILES string of the molecule is C[C@H](O)[C@@H]1NC(=O)[C@@H](NC(=O)c2ccc(N3CCN(c4ccc(N5CCC(OC6CCCCC6)CC5)cc4)CC3)cc2)C[C@H](O)CNC(=O)[C@@H]2[C@@H](O)[C@H](C)CN2C(=O)[C@H]([C@H](O)CCN)NC(=O)[C@H]([C@H](O)Cc2ccc(O)c(OSOOO)c2)NC(=O)[C@@H]2C[C@H](O)CN2C1=O. The Balaban J connectivity index is 0.914. The van der Waals surface area contributed by atoms with Gasteiger partial charge in [-0.25, -0.2) is 5.26 Å². The number of hydrogen-bond donors (Lipinski definition) is 14. The molecule has 5 aliphatic heterocycles. The number of fused-ring (bicyclic) bond motifs is 2. The molecule has 5 heterocycles. The Morgan fingerprint density at radius 2 is 1.27 bits per heavy atom. The second-order valence-electron chi connectivity index (χ2n) is 25.3. The molecule has 13 atom stereocenters. The van der Waals surface area contributed by atoms with Crippen molar-refractivity contribution in [2.24, 2.45) is 11.7 Å². The molecule has 0 radical (unpaired) electrons. The van der Waals surface area contributed by atoms with Crippen molar-refractivity contribution in [1.29, 1.82) is 0 Å². The summed E-state index contributed by atoms with van der Waals surface area (Å²) in [5.74, 6) is -9.13. The number of phenolic OH excluding ortho intramolecular Hbond substituents is 1. The van der Waals surface area contributed by atoms with E-state index in [9.17, 15) is 69.3 Å². The number of anilines is 3. The van der Waals surface area contributed by atoms with Gasteiger partial charge in [-0.05, 0) is 112 Å². The van der Waals surface area contributed by atoms with Gasteiger partial charge >= 0.3 is 0 Å². The fraction of sp³-hybridized carbons (Fsp3) is 0.603. The molecule has 31 heteroatoms. The molecule has 0 spiro atoms. The number of β-amino-alcohol motifs (C(OH)–C–C–N with tert-alkyl or cyclic N) is 1. The third-order valence-corrected chi connectivity index (χ3v) is 19.0. The van der Waals surface area contributed by atoms with Crippen LogP contribution in [0.4, 0.5) is 17.1 Å². The lowest BCUT2D eigenvalue weighted by Crippen LogP contribution is -2.64. The van der Waals surface area contributed by atoms with Crippen molar-refractivity contribution >= 4 is 70.7 Å². The number of nitrogens with two attached hydrogens (primary N) is 1. The van der Waals surface area contributed by atoms with E-state index in [1.165, 1.54) is 56.8 Å². The number of amides is 7. The third-order valence-electron chi connectivity index (χ3n) is 18.6. The van der Waals surface area contributed by atoms with Gasteiger partial charge in [-0.3, -0.25) is 33.6 Å². The first-order chi connectivity index (χ1) is 45.1. The number of hydrogen-bond acceptors (Lipinski definition) is 24. The maximum Gasteiger partial charge on any atom is 0.261 e. The minimum atomic E-state index is -2.10. The van der Waals surface area contributed by atoms with Crippen molar-refractivity contribution in [3.05, 3.63) is 77.9 Å². The molecule has 0 bridgehead atoms. The standard InChI is InChI=1S/C63H89N11O19S/c1-35-33-74-55(56(35)81)61(86)65-32-42(76)30-46(66-57(82)38-9-11-39(12-10-38)71-24-26-72(27-25-71)41-15-13-40(14-16-41)70-22-19-45(20-23-70)90-44-6-4-3-5-7-44)58(83)67-52(36(2)75)62(87)73-34-43(77)31-47(73)59(84)68-53(60(85)69-54(63(74)88)49(79)18-21-64)50(80)28-37-8-17-48(78)51(29-37)91-94-93-92-89/h8-17,29,35-36,42-47,49-50,52-56,75-81,89H,3-7,18-28,30-34,64H2,1-2H3,(H,65,86)(H,66,82)(H,67,83)(H,68,84)(H,69,85)/t35-,36+,42+,43+,46+,47+,49-,50-,52+,53+,54+,55+,56+/m1/s1. The average Bonchev–Trinajstić information content (AvgIpc) is 1.61. The number of piperidine rings is 1. The molecule has 1 saturated carbocycles. The molecule has 6 aliphatic rings. The number of carbonyl (C=O) groups is 7. The number of rotatable bonds is 18. The van der Waals surface area contributed by atoms with E-state index in [0.717, 1.165) is 73.2 Å². The summed E-state index contributed by atoms with van der Waals surface area (Å²) in [6.07, 6.45) is -3.14. The zero-order valence-electron chi connectivity index (χ0n) is 52.7. The highest BCUT2D eigenvalue weighted by Crippen LogP contribution is 2.33. The molecule has 3 aromatic rings. The molecule has 94 heavy (non-hydrogen) atoms. The quantitative estimate of drug-likeness (QED) is 0.0304. The number of aromatic hydroxyl groups is 1. The summed E-state index contributed by atoms with van der Waals surface area (Å²) in [6.45, 7) is 5.69. The smallest absolute Gasteiger partial charge is 0.261 e. The Hall–Kier alpha value is -7.14. The van der Waals surface area contributed by atoms with E-state index in [-0.39, 0.29) is 48.7 Å². The molecule has 1 aliphatic carbocycles. The highest BCUT2D eigenvalue weighted by atomic mass is 32.2. The minimum absolute atomic E-state index is 0.0873. The van der Waals surface area contributed by atoms with Crippen molar-refractivity contribution in [2.45, 2.75) is 170 Å². The normalized spacial score (nSPS) is 27.9. The first kappa shape index (κ1) is 71.2. The van der Waals surface area contributed by atoms with Gasteiger partial charge in [0.15, 0.2) is 11.5 Å². The van der Waals surface area contributed by atoms with Gasteiger partial charge in [0.05, 0.1) is 48.8 Å². The number of nitrogens with zero attached hydrogens (tertiary/aromatic N) is 5. The lowest BCUT2D eigenvalue weighted by Gasteiger charge is -2.38. The summed E-state index contributed by atoms with van der Waals surface area (Å²) >= 11 is 0.0873. The number of ether oxygens (including phenoxy) is 1. The average molecular weight is 1340 g/mol. The van der Waals surface area contributed by atoms with E-state index in [1.54, 1.807) is 24.3 Å². The topological polar surface area (TPSA) is 421 Å². The second kappa shape index (κ2) is 33.0. The third kappa shape index (κ3) is 17.8. The highest BCUT2D eigenvalue weighted by molar-refractivity contribution is 7.90. The summed E-state index contributed by atoms with van der Waals surface area (Å²) in [6, 6.07) is 7.93. The molecule has 0 unspecified atom stereocenters. The number of phenols is 1. The van der Waals surface area contributed by atoms with Crippen molar-refractivity contribution in [2.75, 3.05) is 80.1 Å². The van der Waals surface area contributed by atoms with E-state index in [0.29, 0.717) is 25.3 Å². The zero-order valence-corrected chi connectivity index (χ0v) is 53.5. The first-order valence-corrected chi connectivity index (χ1v) is 32.9. The maximum atomic E-state index is 14.7. The van der Waals surface area contributed by atoms with E-state index < -0.39 is 158 Å². The number of benzene rings is 3. The van der Waals surface area contributed by atoms with Crippen LogP contribution in [-0.2, 0) is 49.3 Å². The molecule has 9 rings (SSSR count). The lowest BCUT2D eigenvalue weighted by atomic mass is 9.97. The monoisotopic (exact) mass is 1340 g/mol. The molecule has 0 aromatic heterocycles. The molecule has 15 N–H and O–H groups in total. The number of nitrogens with one attached hydrogen (secondary N) is 5. The Bertz CT molecular complexity index is 3060. The van der Waals surface area contributed by atoms with Gasteiger partial charge in [-0.2, -0.15) is 0 Å². The summed E-state index contributed by atoms with van der Waals surface area (Å²) in [5.41, 5.74) is 9.19. The number of aliphatic hydroxyl groups is 6. The second-order valence-corrected chi connectivity index (χ2v) is 25.7. The predicted octanol–water partition coefficient (Wildman–Crippen LogP) is -1.30. The Kier molecular flexibility index (Phi) is 25.0. The summed E-state index contributed by atoms with van der Waals surface area (Å²) in [5, 5.41) is 103. The number of carbonyl (C=O) groups excluding carboxylic acids is 7. The van der Waals surface area contributed by atoms with Crippen LogP contribution in [0.2, 0.25) is 0 Å². The Labute approximate surface area is 548 Å². The molecule has 7 amide bonds. The van der Waals surface area contributed by atoms with Crippen molar-refractivity contribution in [3.8, 4) is 11.5 Å². The molecular weight excluding hydrogens is 1250 g/mol. The van der Waals surface area contributed by atoms with E-state index in [1.807, 2.05) is 0 Å². The molecule has 516 valence electrons. The van der Waals surface area contributed by atoms with Crippen LogP contribution in [0.5, 0.6) is 11.5 Å². The molecular formula is C63H89N11O19S. The maximum absolute atomic E-state index is 14.7. The molecule has 3 aromatic carbocycles. The van der Waals surface area contributed by atoms with Crippen LogP contribution in [0.25, 0.3) is 0 Å². The molecule has 30 nitrogen and oxygen atoms in total. The van der Waals surface area contributed by atoms with Gasteiger partial charge in [-0.15, -0.1) is 0 Å². The van der Waals surface area contributed by atoms with Gasteiger partial charge in [-0.1, -0.05) is 41.6 Å². The van der Waals surface area contributed by atoms with Crippen molar-refractivity contribution < 1.29 is 92.9 Å². The van der Waals surface area contributed by atoms with E-state index in [2.05, 4.69) is 74.9 Å².